The zero-order chi connectivity index (χ0) is 14.5. The smallest absolute Gasteiger partial charge is 0.255 e. The van der Waals surface area contributed by atoms with E-state index in [1.54, 1.807) is 0 Å². The zero-order valence-electron chi connectivity index (χ0n) is 11.1. The van der Waals surface area contributed by atoms with Crippen LogP contribution in [0, 0.1) is 0 Å². The number of halogens is 3. The van der Waals surface area contributed by atoms with Gasteiger partial charge in [-0.1, -0.05) is 31.9 Å². The molecule has 1 fully saturated rings. The van der Waals surface area contributed by atoms with Crippen LogP contribution in [0.15, 0.2) is 27.1 Å². The third-order valence-corrected chi connectivity index (χ3v) is 4.97. The molecule has 0 aromatic heterocycles. The molecule has 110 valence electrons. The zero-order valence-corrected chi connectivity index (χ0v) is 15.9. The first-order valence-corrected chi connectivity index (χ1v) is 9.35. The second-order valence-electron chi connectivity index (χ2n) is 4.80. The van der Waals surface area contributed by atoms with Gasteiger partial charge in [-0.15, -0.1) is 0 Å². The predicted molar refractivity (Wildman–Crippen MR) is 92.6 cm³/mol. The molecule has 1 amide bonds. The molecule has 1 aliphatic heterocycles. The van der Waals surface area contributed by atoms with E-state index in [-0.39, 0.29) is 5.91 Å². The van der Waals surface area contributed by atoms with Crippen molar-refractivity contribution in [1.29, 1.82) is 0 Å². The first-order chi connectivity index (χ1) is 9.61. The van der Waals surface area contributed by atoms with Crippen molar-refractivity contribution in [3.63, 3.8) is 0 Å². The van der Waals surface area contributed by atoms with Crippen molar-refractivity contribution in [3.05, 3.63) is 32.7 Å². The Morgan fingerprint density at radius 3 is 2.70 bits per heavy atom. The molecule has 1 saturated heterocycles. The summed E-state index contributed by atoms with van der Waals surface area (Å²) in [6, 6.07) is 5.72. The van der Waals surface area contributed by atoms with Crippen LogP contribution in [0.1, 0.15) is 16.8 Å². The molecule has 20 heavy (non-hydrogen) atoms. The van der Waals surface area contributed by atoms with Crippen molar-refractivity contribution in [3.8, 4) is 0 Å². The Kier molecular flexibility index (Phi) is 6.52. The SMILES string of the molecule is O=C(c1cc(Br)ccc1Br)N1CCCN(CCBr)CC1. The summed E-state index contributed by atoms with van der Waals surface area (Å²) in [5, 5.41) is 0.984. The van der Waals surface area contributed by atoms with Crippen LogP contribution in [-0.4, -0.2) is 53.8 Å². The number of carbonyl (C=O) groups is 1. The van der Waals surface area contributed by atoms with E-state index in [4.69, 9.17) is 0 Å². The fourth-order valence-electron chi connectivity index (χ4n) is 2.35. The van der Waals surface area contributed by atoms with E-state index in [9.17, 15) is 4.79 Å². The maximum Gasteiger partial charge on any atom is 0.255 e. The van der Waals surface area contributed by atoms with Gasteiger partial charge in [-0.3, -0.25) is 4.79 Å². The van der Waals surface area contributed by atoms with Crippen LogP contribution in [0.2, 0.25) is 0 Å². The normalized spacial score (nSPS) is 17.1. The summed E-state index contributed by atoms with van der Waals surface area (Å²) in [5.74, 6) is 0.110. The van der Waals surface area contributed by atoms with Crippen molar-refractivity contribution < 1.29 is 4.79 Å². The molecule has 0 bridgehead atoms. The molecule has 0 N–H and O–H groups in total. The quantitative estimate of drug-likeness (QED) is 0.631. The van der Waals surface area contributed by atoms with Gasteiger partial charge in [0.15, 0.2) is 0 Å². The number of nitrogens with zero attached hydrogens (tertiary/aromatic N) is 2. The molecule has 1 aromatic carbocycles. The lowest BCUT2D eigenvalue weighted by Crippen LogP contribution is -2.35. The van der Waals surface area contributed by atoms with Gasteiger partial charge in [-0.2, -0.15) is 0 Å². The second-order valence-corrected chi connectivity index (χ2v) is 7.36. The van der Waals surface area contributed by atoms with Gasteiger partial charge < -0.3 is 9.80 Å². The lowest BCUT2D eigenvalue weighted by Gasteiger charge is -2.22. The van der Waals surface area contributed by atoms with Gasteiger partial charge in [0, 0.05) is 40.5 Å². The number of hydrogen-bond donors (Lipinski definition) is 0. The molecule has 1 heterocycles. The van der Waals surface area contributed by atoms with Crippen molar-refractivity contribution in [2.75, 3.05) is 38.1 Å². The summed E-state index contributed by atoms with van der Waals surface area (Å²) in [7, 11) is 0. The molecule has 0 atom stereocenters. The van der Waals surface area contributed by atoms with E-state index in [0.29, 0.717) is 0 Å². The summed E-state index contributed by atoms with van der Waals surface area (Å²) in [6.07, 6.45) is 1.03. The number of amides is 1. The van der Waals surface area contributed by atoms with Gasteiger partial charge >= 0.3 is 0 Å². The Morgan fingerprint density at radius 2 is 1.95 bits per heavy atom. The van der Waals surface area contributed by atoms with Crippen LogP contribution in [0.4, 0.5) is 0 Å². The fraction of sp³-hybridized carbons (Fsp3) is 0.500. The van der Waals surface area contributed by atoms with E-state index in [0.717, 1.165) is 59.0 Å². The molecule has 3 nitrogen and oxygen atoms in total. The molecule has 1 aliphatic rings. The molecule has 1 aromatic rings. The summed E-state index contributed by atoms with van der Waals surface area (Å²) < 4.78 is 1.78. The minimum Gasteiger partial charge on any atom is -0.337 e. The number of benzene rings is 1. The monoisotopic (exact) mass is 466 g/mol. The maximum absolute atomic E-state index is 12.6. The molecular formula is C14H17Br3N2O. The summed E-state index contributed by atoms with van der Waals surface area (Å²) in [4.78, 5) is 17.0. The largest absolute Gasteiger partial charge is 0.337 e. The molecule has 0 saturated carbocycles. The van der Waals surface area contributed by atoms with E-state index in [1.165, 1.54) is 0 Å². The van der Waals surface area contributed by atoms with Crippen molar-refractivity contribution in [2.24, 2.45) is 0 Å². The summed E-state index contributed by atoms with van der Waals surface area (Å²) in [6.45, 7) is 4.68. The van der Waals surface area contributed by atoms with Crippen LogP contribution in [0.3, 0.4) is 0 Å². The Morgan fingerprint density at radius 1 is 1.15 bits per heavy atom. The van der Waals surface area contributed by atoms with Gasteiger partial charge in [0.05, 0.1) is 5.56 Å². The number of carbonyl (C=O) groups excluding carboxylic acids is 1. The Bertz CT molecular complexity index is 481. The first-order valence-electron chi connectivity index (χ1n) is 6.64. The minimum atomic E-state index is 0.110. The van der Waals surface area contributed by atoms with Crippen molar-refractivity contribution in [2.45, 2.75) is 6.42 Å². The van der Waals surface area contributed by atoms with Gasteiger partial charge in [0.1, 0.15) is 0 Å². The Labute approximate surface area is 145 Å². The second kappa shape index (κ2) is 7.92. The molecule has 0 aliphatic carbocycles. The van der Waals surface area contributed by atoms with Crippen LogP contribution in [0.5, 0.6) is 0 Å². The average Bonchev–Trinajstić information content (AvgIpc) is 2.67. The standard InChI is InChI=1S/C14H17Br3N2O/c15-4-7-18-5-1-6-19(9-8-18)14(20)12-10-11(16)2-3-13(12)17/h2-3,10H,1,4-9H2. The van der Waals surface area contributed by atoms with Crippen LogP contribution in [0.25, 0.3) is 0 Å². The molecule has 0 radical (unpaired) electrons. The van der Waals surface area contributed by atoms with Gasteiger partial charge in [-0.25, -0.2) is 0 Å². The third kappa shape index (κ3) is 4.29. The lowest BCUT2D eigenvalue weighted by molar-refractivity contribution is 0.0761. The highest BCUT2D eigenvalue weighted by atomic mass is 79.9. The van der Waals surface area contributed by atoms with Crippen LogP contribution in [-0.2, 0) is 0 Å². The van der Waals surface area contributed by atoms with Gasteiger partial charge in [-0.05, 0) is 47.1 Å². The minimum absolute atomic E-state index is 0.110. The van der Waals surface area contributed by atoms with Crippen LogP contribution >= 0.6 is 47.8 Å². The first kappa shape index (κ1) is 16.5. The summed E-state index contributed by atoms with van der Waals surface area (Å²) >= 11 is 10.4. The van der Waals surface area contributed by atoms with E-state index in [1.807, 2.05) is 23.1 Å². The molecule has 6 heteroatoms. The maximum atomic E-state index is 12.6. The number of alkyl halides is 1. The van der Waals surface area contributed by atoms with Gasteiger partial charge in [0.2, 0.25) is 0 Å². The molecule has 2 rings (SSSR count). The topological polar surface area (TPSA) is 23.6 Å². The highest BCUT2D eigenvalue weighted by Crippen LogP contribution is 2.23. The average molecular weight is 469 g/mol. The molecule has 0 unspecified atom stereocenters. The van der Waals surface area contributed by atoms with E-state index in [2.05, 4.69) is 52.7 Å². The predicted octanol–water partition coefficient (Wildman–Crippen LogP) is 3.75. The summed E-state index contributed by atoms with van der Waals surface area (Å²) in [5.41, 5.74) is 0.730. The Balaban J connectivity index is 2.07. The van der Waals surface area contributed by atoms with E-state index < -0.39 is 0 Å². The van der Waals surface area contributed by atoms with Crippen molar-refractivity contribution in [1.82, 2.24) is 9.80 Å². The fourth-order valence-corrected chi connectivity index (χ4v) is 3.63. The van der Waals surface area contributed by atoms with Crippen molar-refractivity contribution >= 4 is 53.7 Å². The lowest BCUT2D eigenvalue weighted by atomic mass is 10.2. The number of hydrogen-bond acceptors (Lipinski definition) is 2. The van der Waals surface area contributed by atoms with E-state index >= 15 is 0 Å². The highest BCUT2D eigenvalue weighted by Gasteiger charge is 2.21. The molecule has 0 spiro atoms. The van der Waals surface area contributed by atoms with Gasteiger partial charge in [0.25, 0.3) is 5.91 Å². The Hall–Kier alpha value is 0.0900. The molecular weight excluding hydrogens is 452 g/mol. The third-order valence-electron chi connectivity index (χ3n) is 3.44. The highest BCUT2D eigenvalue weighted by molar-refractivity contribution is 9.11. The van der Waals surface area contributed by atoms with Crippen LogP contribution < -0.4 is 0 Å². The number of rotatable bonds is 3.